The van der Waals surface area contributed by atoms with Gasteiger partial charge in [0.25, 0.3) is 0 Å². The van der Waals surface area contributed by atoms with Crippen molar-refractivity contribution < 1.29 is 9.47 Å². The van der Waals surface area contributed by atoms with Crippen LogP contribution in [-0.2, 0) is 6.54 Å². The van der Waals surface area contributed by atoms with E-state index < -0.39 is 0 Å². The van der Waals surface area contributed by atoms with E-state index in [1.54, 1.807) is 0 Å². The zero-order chi connectivity index (χ0) is 23.7. The summed E-state index contributed by atoms with van der Waals surface area (Å²) < 4.78 is 14.1. The molecule has 1 saturated carbocycles. The van der Waals surface area contributed by atoms with E-state index in [9.17, 15) is 0 Å². The topological polar surface area (TPSA) is 62.1 Å². The normalized spacial score (nSPS) is 14.4. The van der Waals surface area contributed by atoms with E-state index in [0.717, 1.165) is 42.6 Å². The quantitative estimate of drug-likeness (QED) is 0.234. The van der Waals surface area contributed by atoms with Crippen LogP contribution in [0.15, 0.2) is 48.8 Å². The molecule has 0 bridgehead atoms. The lowest BCUT2D eigenvalue weighted by atomic mass is 10.2. The van der Waals surface area contributed by atoms with Gasteiger partial charge in [0.1, 0.15) is 23.5 Å². The van der Waals surface area contributed by atoms with Crippen molar-refractivity contribution in [3.8, 4) is 23.0 Å². The van der Waals surface area contributed by atoms with E-state index in [-0.39, 0.29) is 5.60 Å². The summed E-state index contributed by atoms with van der Waals surface area (Å²) in [5, 5.41) is 1.23. The summed E-state index contributed by atoms with van der Waals surface area (Å²) in [6, 6.07) is 13.5. The summed E-state index contributed by atoms with van der Waals surface area (Å²) in [6.45, 7) is 5.40. The molecule has 1 aliphatic rings. The number of aromatic nitrogens is 4. The lowest BCUT2D eigenvalue weighted by Crippen LogP contribution is -2.13. The highest BCUT2D eigenvalue weighted by Crippen LogP contribution is 2.41. The summed E-state index contributed by atoms with van der Waals surface area (Å²) in [5.74, 6) is 1.92. The predicted octanol–water partition coefficient (Wildman–Crippen LogP) is 6.96. The molecule has 1 aliphatic carbocycles. The van der Waals surface area contributed by atoms with Crippen molar-refractivity contribution in [3.63, 3.8) is 0 Å². The molecule has 2 aromatic heterocycles. The number of unbranched alkanes of at least 4 members (excludes halogenated alkanes) is 1. The van der Waals surface area contributed by atoms with Gasteiger partial charge in [0.15, 0.2) is 11.2 Å². The summed E-state index contributed by atoms with van der Waals surface area (Å²) in [6.07, 6.45) is 5.59. The van der Waals surface area contributed by atoms with Gasteiger partial charge >= 0.3 is 0 Å². The summed E-state index contributed by atoms with van der Waals surface area (Å²) >= 11 is 13.0. The number of rotatable bonds is 9. The molecule has 0 unspecified atom stereocenters. The minimum Gasteiger partial charge on any atom is -0.494 e. The van der Waals surface area contributed by atoms with Crippen LogP contribution in [0.4, 0.5) is 0 Å². The Kier molecular flexibility index (Phi) is 6.36. The van der Waals surface area contributed by atoms with Gasteiger partial charge in [-0.1, -0.05) is 48.7 Å². The summed E-state index contributed by atoms with van der Waals surface area (Å²) in [4.78, 5) is 13.9. The molecular weight excluding hydrogens is 471 g/mol. The van der Waals surface area contributed by atoms with Crippen molar-refractivity contribution in [1.29, 1.82) is 0 Å². The Bertz CT molecular complexity index is 1330. The number of fused-ring (bicyclic) bond motifs is 1. The Labute approximate surface area is 208 Å². The fourth-order valence-electron chi connectivity index (χ4n) is 3.78. The minimum absolute atomic E-state index is 0.187. The Hall–Kier alpha value is -2.83. The first-order valence-electron chi connectivity index (χ1n) is 11.5. The molecule has 4 aromatic rings. The third-order valence-electron chi connectivity index (χ3n) is 5.97. The Morgan fingerprint density at radius 3 is 2.68 bits per heavy atom. The third-order valence-corrected chi connectivity index (χ3v) is 6.52. The number of halogens is 2. The van der Waals surface area contributed by atoms with Crippen LogP contribution >= 0.6 is 23.2 Å². The third kappa shape index (κ3) is 4.84. The van der Waals surface area contributed by atoms with Gasteiger partial charge in [0.2, 0.25) is 5.88 Å². The zero-order valence-electron chi connectivity index (χ0n) is 19.2. The van der Waals surface area contributed by atoms with E-state index in [1.807, 2.05) is 47.0 Å². The number of imidazole rings is 1. The first-order chi connectivity index (χ1) is 16.5. The van der Waals surface area contributed by atoms with Gasteiger partial charge in [-0.3, -0.25) is 0 Å². The van der Waals surface area contributed by atoms with Gasteiger partial charge in [-0.2, -0.15) is 4.98 Å². The van der Waals surface area contributed by atoms with E-state index in [1.165, 1.54) is 6.33 Å². The van der Waals surface area contributed by atoms with Gasteiger partial charge in [0.05, 0.1) is 18.2 Å². The molecular formula is C26H26Cl2N4O2. The Morgan fingerprint density at radius 2 is 1.94 bits per heavy atom. The molecule has 0 atom stereocenters. The number of ether oxygens (including phenoxy) is 2. The van der Waals surface area contributed by atoms with E-state index >= 15 is 0 Å². The SMILES string of the molecule is CCCCOc1ccc(-c2nc3c(OC4(C)CC4)ncnc3n2Cc2cccc(Cl)c2)c(Cl)c1. The molecule has 2 heterocycles. The van der Waals surface area contributed by atoms with Gasteiger partial charge in [-0.05, 0) is 62.1 Å². The molecule has 0 aliphatic heterocycles. The number of benzene rings is 2. The predicted molar refractivity (Wildman–Crippen MR) is 135 cm³/mol. The van der Waals surface area contributed by atoms with Crippen LogP contribution in [0.1, 0.15) is 45.1 Å². The van der Waals surface area contributed by atoms with Gasteiger partial charge in [-0.15, -0.1) is 0 Å². The van der Waals surface area contributed by atoms with Crippen LogP contribution in [0.5, 0.6) is 11.6 Å². The standard InChI is InChI=1S/C26H26Cl2N4O2/c1-3-4-12-33-19-8-9-20(21(28)14-19)23-31-22-24(29-16-30-25(22)34-26(2)10-11-26)32(23)15-17-6-5-7-18(27)13-17/h5-9,13-14,16H,3-4,10-12,15H2,1-2H3. The maximum absolute atomic E-state index is 6.74. The fourth-order valence-corrected chi connectivity index (χ4v) is 4.24. The van der Waals surface area contributed by atoms with Crippen molar-refractivity contribution in [2.45, 2.75) is 51.7 Å². The smallest absolute Gasteiger partial charge is 0.245 e. The van der Waals surface area contributed by atoms with Crippen molar-refractivity contribution in [1.82, 2.24) is 19.5 Å². The maximum Gasteiger partial charge on any atom is 0.245 e. The average Bonchev–Trinajstić information content (AvgIpc) is 3.43. The number of hydrogen-bond donors (Lipinski definition) is 0. The molecule has 1 fully saturated rings. The minimum atomic E-state index is -0.187. The van der Waals surface area contributed by atoms with Gasteiger partial charge in [0, 0.05) is 10.6 Å². The summed E-state index contributed by atoms with van der Waals surface area (Å²) in [7, 11) is 0. The molecule has 0 spiro atoms. The molecule has 8 heteroatoms. The molecule has 2 aromatic carbocycles. The largest absolute Gasteiger partial charge is 0.494 e. The first-order valence-corrected chi connectivity index (χ1v) is 12.3. The zero-order valence-corrected chi connectivity index (χ0v) is 20.7. The molecule has 34 heavy (non-hydrogen) atoms. The summed E-state index contributed by atoms with van der Waals surface area (Å²) in [5.41, 5.74) is 2.93. The van der Waals surface area contributed by atoms with Gasteiger partial charge < -0.3 is 14.0 Å². The molecule has 0 N–H and O–H groups in total. The van der Waals surface area contributed by atoms with Crippen molar-refractivity contribution >= 4 is 34.4 Å². The molecule has 0 radical (unpaired) electrons. The number of nitrogens with zero attached hydrogens (tertiary/aromatic N) is 4. The second kappa shape index (κ2) is 9.43. The van der Waals surface area contributed by atoms with Gasteiger partial charge in [-0.25, -0.2) is 9.97 Å². The van der Waals surface area contributed by atoms with E-state index in [2.05, 4.69) is 23.8 Å². The van der Waals surface area contributed by atoms with Crippen LogP contribution in [0.2, 0.25) is 10.0 Å². The first kappa shape index (κ1) is 22.9. The molecule has 6 nitrogen and oxygen atoms in total. The fraction of sp³-hybridized carbons (Fsp3) is 0.346. The number of hydrogen-bond acceptors (Lipinski definition) is 5. The van der Waals surface area contributed by atoms with Crippen LogP contribution < -0.4 is 9.47 Å². The van der Waals surface area contributed by atoms with Crippen LogP contribution in [-0.4, -0.2) is 31.7 Å². The average molecular weight is 497 g/mol. The lowest BCUT2D eigenvalue weighted by Gasteiger charge is -2.12. The molecule has 5 rings (SSSR count). The van der Waals surface area contributed by atoms with E-state index in [0.29, 0.717) is 46.1 Å². The Balaban J connectivity index is 1.60. The van der Waals surface area contributed by atoms with E-state index in [4.69, 9.17) is 37.7 Å². The van der Waals surface area contributed by atoms with Crippen molar-refractivity contribution in [2.75, 3.05) is 6.61 Å². The molecule has 0 amide bonds. The second-order valence-corrected chi connectivity index (χ2v) is 9.74. The second-order valence-electron chi connectivity index (χ2n) is 8.90. The monoisotopic (exact) mass is 496 g/mol. The van der Waals surface area contributed by atoms with Crippen LogP contribution in [0, 0.1) is 0 Å². The lowest BCUT2D eigenvalue weighted by molar-refractivity contribution is 0.194. The highest BCUT2D eigenvalue weighted by atomic mass is 35.5. The molecule has 176 valence electrons. The van der Waals surface area contributed by atoms with Crippen LogP contribution in [0.3, 0.4) is 0 Å². The van der Waals surface area contributed by atoms with Crippen molar-refractivity contribution in [3.05, 3.63) is 64.4 Å². The molecule has 0 saturated heterocycles. The van der Waals surface area contributed by atoms with Crippen LogP contribution in [0.25, 0.3) is 22.6 Å². The maximum atomic E-state index is 6.74. The van der Waals surface area contributed by atoms with Crippen molar-refractivity contribution in [2.24, 2.45) is 0 Å². The highest BCUT2D eigenvalue weighted by molar-refractivity contribution is 6.33. The Morgan fingerprint density at radius 1 is 1.09 bits per heavy atom. The highest BCUT2D eigenvalue weighted by Gasteiger charge is 2.41.